The number of benzene rings is 1. The van der Waals surface area contributed by atoms with Crippen LogP contribution in [-0.2, 0) is 0 Å². The summed E-state index contributed by atoms with van der Waals surface area (Å²) >= 11 is 5.84. The number of rotatable bonds is 4. The van der Waals surface area contributed by atoms with Crippen molar-refractivity contribution in [3.8, 4) is 6.07 Å². The third kappa shape index (κ3) is 3.41. The van der Waals surface area contributed by atoms with Crippen molar-refractivity contribution in [1.82, 2.24) is 0 Å². The fourth-order valence-electron chi connectivity index (χ4n) is 1.21. The summed E-state index contributed by atoms with van der Waals surface area (Å²) in [7, 11) is 0. The van der Waals surface area contributed by atoms with E-state index in [9.17, 15) is 5.11 Å². The van der Waals surface area contributed by atoms with Crippen LogP contribution in [0.5, 0.6) is 0 Å². The zero-order valence-electron chi connectivity index (χ0n) is 9.37. The summed E-state index contributed by atoms with van der Waals surface area (Å²) in [5.41, 5.74) is 1.19. The molecule has 3 nitrogen and oxygen atoms in total. The van der Waals surface area contributed by atoms with Crippen LogP contribution >= 0.6 is 11.6 Å². The standard InChI is InChI=1S/C12H15ClN2O/c1-8(2)12(16)7-15-11-5-10(13)4-3-9(11)6-14/h3-5,8,12,15-16H,7H2,1-2H3. The van der Waals surface area contributed by atoms with Gasteiger partial charge in [0.05, 0.1) is 17.4 Å². The average molecular weight is 239 g/mol. The van der Waals surface area contributed by atoms with Crippen molar-refractivity contribution in [2.24, 2.45) is 5.92 Å². The van der Waals surface area contributed by atoms with E-state index in [2.05, 4.69) is 11.4 Å². The van der Waals surface area contributed by atoms with E-state index in [1.807, 2.05) is 13.8 Å². The van der Waals surface area contributed by atoms with Gasteiger partial charge >= 0.3 is 0 Å². The van der Waals surface area contributed by atoms with E-state index in [0.717, 1.165) is 0 Å². The lowest BCUT2D eigenvalue weighted by atomic mass is 10.1. The molecule has 1 atom stereocenters. The van der Waals surface area contributed by atoms with Gasteiger partial charge in [-0.2, -0.15) is 5.26 Å². The van der Waals surface area contributed by atoms with Crippen molar-refractivity contribution >= 4 is 17.3 Å². The second-order valence-corrected chi connectivity index (χ2v) is 4.43. The molecule has 1 aromatic carbocycles. The largest absolute Gasteiger partial charge is 0.391 e. The number of aliphatic hydroxyl groups excluding tert-OH is 1. The maximum Gasteiger partial charge on any atom is 0.101 e. The van der Waals surface area contributed by atoms with Gasteiger partial charge in [0, 0.05) is 11.6 Å². The van der Waals surface area contributed by atoms with Crippen LogP contribution < -0.4 is 5.32 Å². The number of nitriles is 1. The molecule has 0 aliphatic carbocycles. The fourth-order valence-corrected chi connectivity index (χ4v) is 1.38. The van der Waals surface area contributed by atoms with Crippen molar-refractivity contribution in [3.05, 3.63) is 28.8 Å². The van der Waals surface area contributed by atoms with E-state index in [4.69, 9.17) is 16.9 Å². The highest BCUT2D eigenvalue weighted by Crippen LogP contribution is 2.20. The van der Waals surface area contributed by atoms with Gasteiger partial charge in [-0.3, -0.25) is 0 Å². The molecule has 4 heteroatoms. The molecule has 0 radical (unpaired) electrons. The molecule has 1 aromatic rings. The highest BCUT2D eigenvalue weighted by Gasteiger charge is 2.10. The Morgan fingerprint density at radius 1 is 1.50 bits per heavy atom. The van der Waals surface area contributed by atoms with Gasteiger partial charge in [-0.05, 0) is 24.1 Å². The molecule has 0 saturated carbocycles. The van der Waals surface area contributed by atoms with Crippen molar-refractivity contribution in [2.75, 3.05) is 11.9 Å². The molecule has 2 N–H and O–H groups in total. The smallest absolute Gasteiger partial charge is 0.101 e. The predicted octanol–water partition coefficient (Wildman–Crippen LogP) is 2.64. The Kier molecular flexibility index (Phi) is 4.60. The van der Waals surface area contributed by atoms with Gasteiger partial charge in [-0.25, -0.2) is 0 Å². The molecule has 0 saturated heterocycles. The van der Waals surface area contributed by atoms with Crippen LogP contribution in [-0.4, -0.2) is 17.8 Å². The Balaban J connectivity index is 2.73. The summed E-state index contributed by atoms with van der Waals surface area (Å²) in [4.78, 5) is 0. The highest BCUT2D eigenvalue weighted by molar-refractivity contribution is 6.30. The maximum atomic E-state index is 9.64. The number of anilines is 1. The minimum Gasteiger partial charge on any atom is -0.391 e. The van der Waals surface area contributed by atoms with Crippen LogP contribution in [0.3, 0.4) is 0 Å². The monoisotopic (exact) mass is 238 g/mol. The van der Waals surface area contributed by atoms with E-state index >= 15 is 0 Å². The fraction of sp³-hybridized carbons (Fsp3) is 0.417. The van der Waals surface area contributed by atoms with Gasteiger partial charge < -0.3 is 10.4 Å². The van der Waals surface area contributed by atoms with Gasteiger partial charge in [-0.1, -0.05) is 25.4 Å². The van der Waals surface area contributed by atoms with Crippen LogP contribution in [0.1, 0.15) is 19.4 Å². The lowest BCUT2D eigenvalue weighted by molar-refractivity contribution is 0.138. The summed E-state index contributed by atoms with van der Waals surface area (Å²) < 4.78 is 0. The second kappa shape index (κ2) is 5.74. The van der Waals surface area contributed by atoms with Crippen LogP contribution in [0.2, 0.25) is 5.02 Å². The lowest BCUT2D eigenvalue weighted by Crippen LogP contribution is -2.25. The first kappa shape index (κ1) is 12.8. The van der Waals surface area contributed by atoms with Crippen molar-refractivity contribution in [2.45, 2.75) is 20.0 Å². The van der Waals surface area contributed by atoms with E-state index < -0.39 is 6.10 Å². The van der Waals surface area contributed by atoms with Crippen molar-refractivity contribution in [1.29, 1.82) is 5.26 Å². The SMILES string of the molecule is CC(C)C(O)CNc1cc(Cl)ccc1C#N. The third-order valence-electron chi connectivity index (χ3n) is 2.37. The molecule has 1 unspecified atom stereocenters. The summed E-state index contributed by atoms with van der Waals surface area (Å²) in [5.74, 6) is 0.178. The summed E-state index contributed by atoms with van der Waals surface area (Å²) in [5, 5.41) is 22.1. The van der Waals surface area contributed by atoms with E-state index in [0.29, 0.717) is 22.8 Å². The Hall–Kier alpha value is -1.24. The molecular weight excluding hydrogens is 224 g/mol. The molecule has 86 valence electrons. The molecule has 0 amide bonds. The summed E-state index contributed by atoms with van der Waals surface area (Å²) in [6, 6.07) is 7.09. The minimum atomic E-state index is -0.439. The van der Waals surface area contributed by atoms with Crippen molar-refractivity contribution < 1.29 is 5.11 Å². The minimum absolute atomic E-state index is 0.178. The van der Waals surface area contributed by atoms with Crippen molar-refractivity contribution in [3.63, 3.8) is 0 Å². The first-order valence-corrected chi connectivity index (χ1v) is 5.54. The Morgan fingerprint density at radius 2 is 2.19 bits per heavy atom. The van der Waals surface area contributed by atoms with Gasteiger partial charge in [-0.15, -0.1) is 0 Å². The number of nitrogens with zero attached hydrogens (tertiary/aromatic N) is 1. The Labute approximate surface area is 101 Å². The van der Waals surface area contributed by atoms with E-state index in [-0.39, 0.29) is 5.92 Å². The normalized spacial score (nSPS) is 12.2. The highest BCUT2D eigenvalue weighted by atomic mass is 35.5. The lowest BCUT2D eigenvalue weighted by Gasteiger charge is -2.16. The van der Waals surface area contributed by atoms with Gasteiger partial charge in [0.1, 0.15) is 6.07 Å². The van der Waals surface area contributed by atoms with Crippen LogP contribution in [0.15, 0.2) is 18.2 Å². The molecule has 16 heavy (non-hydrogen) atoms. The molecule has 0 fully saturated rings. The second-order valence-electron chi connectivity index (χ2n) is 3.99. The molecule has 0 heterocycles. The average Bonchev–Trinajstić information content (AvgIpc) is 2.25. The summed E-state index contributed by atoms with van der Waals surface area (Å²) in [6.45, 7) is 4.29. The van der Waals surface area contributed by atoms with Gasteiger partial charge in [0.2, 0.25) is 0 Å². The first-order valence-electron chi connectivity index (χ1n) is 5.16. The number of hydrogen-bond donors (Lipinski definition) is 2. The topological polar surface area (TPSA) is 56.0 Å². The van der Waals surface area contributed by atoms with Gasteiger partial charge in [0.25, 0.3) is 0 Å². The number of aliphatic hydroxyl groups is 1. The quantitative estimate of drug-likeness (QED) is 0.848. The van der Waals surface area contributed by atoms with E-state index in [1.54, 1.807) is 18.2 Å². The molecule has 0 bridgehead atoms. The zero-order chi connectivity index (χ0) is 12.1. The summed E-state index contributed by atoms with van der Waals surface area (Å²) in [6.07, 6.45) is -0.439. The molecule has 0 spiro atoms. The number of hydrogen-bond acceptors (Lipinski definition) is 3. The predicted molar refractivity (Wildman–Crippen MR) is 65.5 cm³/mol. The maximum absolute atomic E-state index is 9.64. The van der Waals surface area contributed by atoms with Crippen LogP contribution in [0, 0.1) is 17.2 Å². The third-order valence-corrected chi connectivity index (χ3v) is 2.61. The molecular formula is C12H15ClN2O. The zero-order valence-corrected chi connectivity index (χ0v) is 10.1. The van der Waals surface area contributed by atoms with Crippen LogP contribution in [0.4, 0.5) is 5.69 Å². The number of nitrogens with one attached hydrogen (secondary N) is 1. The Bertz CT molecular complexity index is 398. The number of halogens is 1. The first-order chi connectivity index (χ1) is 7.54. The van der Waals surface area contributed by atoms with Crippen LogP contribution in [0.25, 0.3) is 0 Å². The molecule has 0 aliphatic heterocycles. The Morgan fingerprint density at radius 3 is 2.75 bits per heavy atom. The molecule has 0 aromatic heterocycles. The van der Waals surface area contributed by atoms with Gasteiger partial charge in [0.15, 0.2) is 0 Å². The molecule has 0 aliphatic rings. The molecule has 1 rings (SSSR count). The van der Waals surface area contributed by atoms with E-state index in [1.165, 1.54) is 0 Å².